The Hall–Kier alpha value is -1.40. The third-order valence-electron chi connectivity index (χ3n) is 2.28. The van der Waals surface area contributed by atoms with Crippen molar-refractivity contribution in [2.45, 2.75) is 39.9 Å². The van der Waals surface area contributed by atoms with Gasteiger partial charge in [0.25, 0.3) is 0 Å². The fraction of sp³-hybridized carbons (Fsp3) is 0.538. The molecule has 0 bridgehead atoms. The minimum atomic E-state index is 0.249. The van der Waals surface area contributed by atoms with Gasteiger partial charge in [0.15, 0.2) is 0 Å². The van der Waals surface area contributed by atoms with Gasteiger partial charge in [0.1, 0.15) is 11.8 Å². The molecular weight excluding hydrogens is 200 g/mol. The smallest absolute Gasteiger partial charge is 0.140 e. The summed E-state index contributed by atoms with van der Waals surface area (Å²) in [5.74, 6) is 0.641. The van der Waals surface area contributed by atoms with E-state index in [0.29, 0.717) is 18.2 Å². The molecule has 0 saturated carbocycles. The minimum Gasteiger partial charge on any atom is -0.374 e. The summed E-state index contributed by atoms with van der Waals surface area (Å²) in [4.78, 5) is 3.92. The van der Waals surface area contributed by atoms with Gasteiger partial charge in [-0.3, -0.25) is 0 Å². The zero-order chi connectivity index (χ0) is 12.0. The van der Waals surface area contributed by atoms with Gasteiger partial charge in [-0.25, -0.2) is 4.98 Å². The summed E-state index contributed by atoms with van der Waals surface area (Å²) in [6.07, 6.45) is 2.94. The van der Waals surface area contributed by atoms with Gasteiger partial charge in [0.2, 0.25) is 0 Å². The molecule has 86 valence electrons. The number of pyridine rings is 1. The summed E-state index contributed by atoms with van der Waals surface area (Å²) in [6.45, 7) is 6.98. The van der Waals surface area contributed by atoms with Gasteiger partial charge in [0.05, 0.1) is 12.7 Å². The third-order valence-corrected chi connectivity index (χ3v) is 2.28. The summed E-state index contributed by atoms with van der Waals surface area (Å²) in [6, 6.07) is 5.66. The van der Waals surface area contributed by atoms with Crippen LogP contribution in [0.2, 0.25) is 0 Å². The molecule has 1 heterocycles. The number of hydrogen-bond acceptors (Lipinski definition) is 3. The van der Waals surface area contributed by atoms with E-state index in [1.165, 1.54) is 0 Å². The van der Waals surface area contributed by atoms with Crippen molar-refractivity contribution in [3.05, 3.63) is 29.6 Å². The molecule has 3 nitrogen and oxygen atoms in total. The van der Waals surface area contributed by atoms with Gasteiger partial charge in [-0.05, 0) is 37.0 Å². The molecule has 1 atom stereocenters. The maximum Gasteiger partial charge on any atom is 0.140 e. The second kappa shape index (κ2) is 6.24. The van der Waals surface area contributed by atoms with E-state index in [-0.39, 0.29) is 6.10 Å². The molecule has 1 aromatic heterocycles. The zero-order valence-electron chi connectivity index (χ0n) is 10.1. The lowest BCUT2D eigenvalue weighted by Gasteiger charge is -2.15. The molecule has 1 rings (SSSR count). The predicted molar refractivity (Wildman–Crippen MR) is 62.7 cm³/mol. The zero-order valence-corrected chi connectivity index (χ0v) is 10.1. The molecule has 0 aromatic carbocycles. The third kappa shape index (κ3) is 4.41. The Morgan fingerprint density at radius 2 is 2.19 bits per heavy atom. The molecular formula is C13H18N2O. The first-order chi connectivity index (χ1) is 7.61. The Morgan fingerprint density at radius 3 is 2.81 bits per heavy atom. The second-order valence-corrected chi connectivity index (χ2v) is 4.41. The summed E-state index contributed by atoms with van der Waals surface area (Å²) in [7, 11) is 0. The van der Waals surface area contributed by atoms with E-state index in [0.717, 1.165) is 12.0 Å². The van der Waals surface area contributed by atoms with Crippen molar-refractivity contribution < 1.29 is 4.74 Å². The van der Waals surface area contributed by atoms with Crippen LogP contribution in [0.1, 0.15) is 38.4 Å². The maximum atomic E-state index is 8.71. The molecule has 0 aliphatic carbocycles. The number of nitrogens with zero attached hydrogens (tertiary/aromatic N) is 2. The first-order valence-electron chi connectivity index (χ1n) is 5.58. The van der Waals surface area contributed by atoms with Gasteiger partial charge in [-0.2, -0.15) is 5.26 Å². The molecule has 1 unspecified atom stereocenters. The first-order valence-corrected chi connectivity index (χ1v) is 5.58. The molecule has 0 N–H and O–H groups in total. The highest BCUT2D eigenvalue weighted by molar-refractivity contribution is 5.24. The minimum absolute atomic E-state index is 0.249. The van der Waals surface area contributed by atoms with E-state index in [9.17, 15) is 0 Å². The highest BCUT2D eigenvalue weighted by Gasteiger charge is 2.05. The summed E-state index contributed by atoms with van der Waals surface area (Å²) in [5, 5.41) is 8.71. The quantitative estimate of drug-likeness (QED) is 0.763. The average Bonchev–Trinajstić information content (AvgIpc) is 2.26. The molecule has 0 saturated heterocycles. The van der Waals surface area contributed by atoms with Crippen LogP contribution in [-0.4, -0.2) is 11.1 Å². The number of rotatable bonds is 5. The van der Waals surface area contributed by atoms with Crippen LogP contribution in [0.3, 0.4) is 0 Å². The molecule has 0 amide bonds. The molecule has 0 fully saturated rings. The molecule has 0 radical (unpaired) electrons. The van der Waals surface area contributed by atoms with Gasteiger partial charge < -0.3 is 4.74 Å². The lowest BCUT2D eigenvalue weighted by atomic mass is 10.1. The molecule has 1 aromatic rings. The molecule has 0 aliphatic rings. The average molecular weight is 218 g/mol. The van der Waals surface area contributed by atoms with Crippen LogP contribution in [0, 0.1) is 17.2 Å². The Kier molecular flexibility index (Phi) is 4.94. The first kappa shape index (κ1) is 12.7. The summed E-state index contributed by atoms with van der Waals surface area (Å²) >= 11 is 0. The van der Waals surface area contributed by atoms with Crippen LogP contribution in [-0.2, 0) is 11.3 Å². The van der Waals surface area contributed by atoms with Crippen molar-refractivity contribution in [1.29, 1.82) is 5.26 Å². The van der Waals surface area contributed by atoms with Gasteiger partial charge in [-0.1, -0.05) is 13.8 Å². The second-order valence-electron chi connectivity index (χ2n) is 4.41. The summed E-state index contributed by atoms with van der Waals surface area (Å²) in [5.41, 5.74) is 1.44. The number of aromatic nitrogens is 1. The van der Waals surface area contributed by atoms with Crippen LogP contribution >= 0.6 is 0 Å². The van der Waals surface area contributed by atoms with Crippen molar-refractivity contribution in [2.75, 3.05) is 0 Å². The van der Waals surface area contributed by atoms with Gasteiger partial charge >= 0.3 is 0 Å². The highest BCUT2D eigenvalue weighted by atomic mass is 16.5. The van der Waals surface area contributed by atoms with E-state index in [1.807, 2.05) is 12.1 Å². The van der Waals surface area contributed by atoms with E-state index in [2.05, 4.69) is 25.8 Å². The Balaban J connectivity index is 2.45. The predicted octanol–water partition coefficient (Wildman–Crippen LogP) is 2.90. The van der Waals surface area contributed by atoms with E-state index >= 15 is 0 Å². The SMILES string of the molecule is CC(C)CC(C)OCc1ccnc(C#N)c1. The fourth-order valence-corrected chi connectivity index (χ4v) is 1.60. The number of hydrogen-bond donors (Lipinski definition) is 0. The van der Waals surface area contributed by atoms with Gasteiger partial charge in [0, 0.05) is 6.20 Å². The van der Waals surface area contributed by atoms with Crippen LogP contribution < -0.4 is 0 Å². The van der Waals surface area contributed by atoms with Crippen LogP contribution in [0.5, 0.6) is 0 Å². The molecule has 16 heavy (non-hydrogen) atoms. The van der Waals surface area contributed by atoms with Crippen LogP contribution in [0.15, 0.2) is 18.3 Å². The molecule has 0 aliphatic heterocycles. The highest BCUT2D eigenvalue weighted by Crippen LogP contribution is 2.10. The van der Waals surface area contributed by atoms with E-state index < -0.39 is 0 Å². The number of ether oxygens (including phenoxy) is 1. The van der Waals surface area contributed by atoms with E-state index in [4.69, 9.17) is 10.00 Å². The van der Waals surface area contributed by atoms with Gasteiger partial charge in [-0.15, -0.1) is 0 Å². The lowest BCUT2D eigenvalue weighted by molar-refractivity contribution is 0.0396. The Labute approximate surface area is 97.1 Å². The van der Waals surface area contributed by atoms with Crippen molar-refractivity contribution in [3.63, 3.8) is 0 Å². The molecule has 3 heteroatoms. The Bertz CT molecular complexity index is 368. The number of nitriles is 1. The largest absolute Gasteiger partial charge is 0.374 e. The normalized spacial score (nSPS) is 12.4. The van der Waals surface area contributed by atoms with Crippen molar-refractivity contribution in [3.8, 4) is 6.07 Å². The lowest BCUT2D eigenvalue weighted by Crippen LogP contribution is -2.11. The fourth-order valence-electron chi connectivity index (χ4n) is 1.60. The van der Waals surface area contributed by atoms with Crippen molar-refractivity contribution in [1.82, 2.24) is 4.98 Å². The topological polar surface area (TPSA) is 45.9 Å². The monoisotopic (exact) mass is 218 g/mol. The van der Waals surface area contributed by atoms with Crippen LogP contribution in [0.25, 0.3) is 0 Å². The Morgan fingerprint density at radius 1 is 1.44 bits per heavy atom. The summed E-state index contributed by atoms with van der Waals surface area (Å²) < 4.78 is 5.70. The van der Waals surface area contributed by atoms with Crippen LogP contribution in [0.4, 0.5) is 0 Å². The van der Waals surface area contributed by atoms with Crippen molar-refractivity contribution >= 4 is 0 Å². The standard InChI is InChI=1S/C13H18N2O/c1-10(2)6-11(3)16-9-12-4-5-15-13(7-12)8-14/h4-5,7,10-11H,6,9H2,1-3H3. The maximum absolute atomic E-state index is 8.71. The van der Waals surface area contributed by atoms with E-state index in [1.54, 1.807) is 12.3 Å². The molecule has 0 spiro atoms. The van der Waals surface area contributed by atoms with Crippen molar-refractivity contribution in [2.24, 2.45) is 5.92 Å².